The van der Waals surface area contributed by atoms with Crippen LogP contribution in [0.2, 0.25) is 0 Å². The Morgan fingerprint density at radius 2 is 0.708 bits per heavy atom. The van der Waals surface area contributed by atoms with Gasteiger partial charge in [-0.2, -0.15) is 0 Å². The zero-order valence-electron chi connectivity index (χ0n) is 81.9. The molecule has 1 aromatic heterocycles. The highest BCUT2D eigenvalue weighted by atomic mass is 31.2. The number of phenolic OH excluding ortho intramolecular Hbond substituents is 2. The number of aromatic hydroxyl groups is 2. The second kappa shape index (κ2) is 45.7. The molecule has 0 spiro atoms. The SMILES string of the molecule is C.C1CC2C3CCC(C3)C2C1.C1CC2C3CCC(C3)C2C1.COc1ccc(C(=O)c2ccc(Oc3c(C)cc(C)cc3C)cc2)cc1.COc1ccc(C(c2ccc(O)cc2)(c2ccc(Oc3c(C)cc(C)cc3C)cc2)P2(=O)Oc3ccccc3-c3ccccc32)cc1.Cc1cc(C)c(C)c(C)c1.Cc1cc(C)c(C)c(C)c1.O=[p+]1oc2ccccc2c2ccccc21.Oc1ccccc1.[B]. The van der Waals surface area contributed by atoms with E-state index in [-0.39, 0.29) is 27.4 Å². The maximum absolute atomic E-state index is 16.4. The molecule has 2 N–H and O–H groups in total. The Bertz CT molecular complexity index is 6550. The fraction of sp³-hybridized carbons (Fsp3) is 0.309. The number of ketones is 1. The van der Waals surface area contributed by atoms with Crippen LogP contribution in [-0.4, -0.2) is 38.6 Å². The monoisotopic (exact) mass is 1860 g/mol. The van der Waals surface area contributed by atoms with E-state index in [0.29, 0.717) is 56.3 Å². The number of hydrogen-bond donors (Lipinski definition) is 2. The van der Waals surface area contributed by atoms with Crippen molar-refractivity contribution in [3.8, 4) is 62.9 Å². The predicted molar refractivity (Wildman–Crippen MR) is 568 cm³/mol. The van der Waals surface area contributed by atoms with Crippen LogP contribution in [0.4, 0.5) is 0 Å². The van der Waals surface area contributed by atoms with Crippen LogP contribution in [-0.2, 0) is 14.3 Å². The molecule has 4 bridgehead atoms. The first kappa shape index (κ1) is 102. The van der Waals surface area contributed by atoms with Crippen molar-refractivity contribution in [2.75, 3.05) is 14.2 Å². The molecule has 3 radical (unpaired) electrons. The Kier molecular flexibility index (Phi) is 34.0. The van der Waals surface area contributed by atoms with Gasteiger partial charge in [0.05, 0.1) is 19.5 Å². The average Bonchev–Trinajstić information content (AvgIpc) is 1.10. The van der Waals surface area contributed by atoms with Gasteiger partial charge in [-0.25, -0.2) is 4.20 Å². The van der Waals surface area contributed by atoms with Gasteiger partial charge in [0.15, 0.2) is 11.4 Å². The number of carbonyl (C=O) groups excluding carboxylic acids is 1. The number of fused-ring (bicyclic) bond motifs is 16. The van der Waals surface area contributed by atoms with Crippen LogP contribution in [0.15, 0.2) is 301 Å². The van der Waals surface area contributed by atoms with Crippen LogP contribution in [0.1, 0.15) is 195 Å². The van der Waals surface area contributed by atoms with E-state index >= 15 is 4.57 Å². The van der Waals surface area contributed by atoms with Gasteiger partial charge in [0, 0.05) is 35.9 Å². The standard InChI is InChI=1S/C41H35O5P.C23H22O3.C12H8O2P.2C10H16.2C10H14.C6H6O.CH4.B/c1-27-25-28(2)40(29(3)26-27)45-35-23-17-32(18-24-35)41(30-13-19-33(42)20-14-30,31-15-21-34(44-4)22-16-31)47(43)39-12-8-6-10-37(39)36-9-5-7-11-38(36)46-47;1-15-13-16(2)23(17(3)14-15)26-21-11-7-19(8-12-21)22(24)18-5-9-20(25-4)10-6-18;13-15-12-8-4-2-6-10(12)9-5-1-3-7-11(9)14-15;2*1-2-9-7-4-5-8(6-7)10(9)3-1;2*1-7-5-8(2)10(4)9(3)6-7;7-6-4-2-1-3-5-6;;/h5-26,42H,1-4H3;5-14H,1-4H3;1-8H;2*7-10H,1-6H2;2*5-6H,1-4H3;1-5,7H;1H4;/q;;+1;;;;;;;. The van der Waals surface area contributed by atoms with Crippen molar-refractivity contribution in [2.24, 2.45) is 47.3 Å². The quantitative estimate of drug-likeness (QED) is 0.0395. The Balaban J connectivity index is 0.000000147. The molecule has 11 nitrogen and oxygen atoms in total. The summed E-state index contributed by atoms with van der Waals surface area (Å²) in [5, 5.41) is 21.1. The Morgan fingerprint density at radius 1 is 0.372 bits per heavy atom. The summed E-state index contributed by atoms with van der Waals surface area (Å²) < 4.78 is 63.6. The second-order valence-electron chi connectivity index (χ2n) is 38.3. The van der Waals surface area contributed by atoms with Gasteiger partial charge in [-0.1, -0.05) is 212 Å². The van der Waals surface area contributed by atoms with Crippen molar-refractivity contribution in [1.29, 1.82) is 0 Å². The van der Waals surface area contributed by atoms with Crippen LogP contribution in [0.3, 0.4) is 0 Å². The molecule has 15 aromatic rings. The van der Waals surface area contributed by atoms with E-state index in [1.165, 1.54) is 103 Å². The zero-order valence-corrected chi connectivity index (χ0v) is 83.7. The maximum atomic E-state index is 16.4. The fourth-order valence-corrected chi connectivity index (χ4v) is 27.0. The van der Waals surface area contributed by atoms with Crippen LogP contribution in [0.25, 0.3) is 32.6 Å². The summed E-state index contributed by atoms with van der Waals surface area (Å²) in [6.45, 7) is 29.6. The summed E-state index contributed by atoms with van der Waals surface area (Å²) in [6, 6.07) is 93.5. The van der Waals surface area contributed by atoms with E-state index in [1.807, 2.05) is 204 Å². The number of carbonyl (C=O) groups is 1. The van der Waals surface area contributed by atoms with Gasteiger partial charge in [-0.05, 0) is 418 Å². The third-order valence-electron chi connectivity index (χ3n) is 29.3. The summed E-state index contributed by atoms with van der Waals surface area (Å²) in [5.41, 5.74) is 23.8. The fourth-order valence-electron chi connectivity index (χ4n) is 22.7. The Labute approximate surface area is 816 Å². The van der Waals surface area contributed by atoms with E-state index in [0.717, 1.165) is 77.6 Å². The lowest BCUT2D eigenvalue weighted by Gasteiger charge is -2.44. The van der Waals surface area contributed by atoms with Gasteiger partial charge in [0.1, 0.15) is 56.9 Å². The van der Waals surface area contributed by atoms with Crippen LogP contribution in [0.5, 0.6) is 51.7 Å². The highest BCUT2D eigenvalue weighted by Gasteiger charge is 2.58. The minimum absolute atomic E-state index is 0. The molecule has 137 heavy (non-hydrogen) atoms. The summed E-state index contributed by atoms with van der Waals surface area (Å²) in [4.78, 5) is 12.6. The molecule has 0 saturated heterocycles. The second-order valence-corrected chi connectivity index (χ2v) is 42.0. The van der Waals surface area contributed by atoms with E-state index in [9.17, 15) is 14.5 Å². The molecule has 705 valence electrons. The minimum atomic E-state index is -3.95. The maximum Gasteiger partial charge on any atom is 0.597 e. The van der Waals surface area contributed by atoms with Gasteiger partial charge >= 0.3 is 7.65 Å². The van der Waals surface area contributed by atoms with Gasteiger partial charge in [-0.15, -0.1) is 0 Å². The van der Waals surface area contributed by atoms with Gasteiger partial charge < -0.3 is 33.7 Å². The molecule has 6 fully saturated rings. The van der Waals surface area contributed by atoms with Gasteiger partial charge in [0.2, 0.25) is 5.12 Å². The molecule has 14 aromatic carbocycles. The summed E-state index contributed by atoms with van der Waals surface area (Å²) in [6.07, 6.45) is 19.1. The molecule has 6 aliphatic carbocycles. The smallest absolute Gasteiger partial charge is 0.508 e. The van der Waals surface area contributed by atoms with Crippen molar-refractivity contribution < 1.29 is 51.8 Å². The number of ether oxygens (including phenoxy) is 4. The first-order valence-corrected chi connectivity index (χ1v) is 50.9. The lowest BCUT2D eigenvalue weighted by atomic mass is 9.82. The van der Waals surface area contributed by atoms with E-state index < -0.39 is 20.2 Å². The first-order valence-electron chi connectivity index (χ1n) is 48.1. The van der Waals surface area contributed by atoms with Crippen molar-refractivity contribution in [3.05, 3.63) is 403 Å². The van der Waals surface area contributed by atoms with E-state index in [1.54, 1.807) is 164 Å². The molecular weight excluding hydrogens is 1730 g/mol. The third-order valence-corrected chi connectivity index (χ3v) is 33.6. The summed E-state index contributed by atoms with van der Waals surface area (Å²) in [5.74, 6) is 15.0. The topological polar surface area (TPSA) is 151 Å². The molecule has 1 aliphatic heterocycles. The van der Waals surface area contributed by atoms with Gasteiger partial charge in [-0.3, -0.25) is 9.36 Å². The Morgan fingerprint density at radius 3 is 1.12 bits per heavy atom. The van der Waals surface area contributed by atoms with Crippen LogP contribution >= 0.6 is 15.0 Å². The minimum Gasteiger partial charge on any atom is -0.508 e. The molecule has 11 atom stereocenters. The molecule has 14 heteroatoms. The van der Waals surface area contributed by atoms with Crippen molar-refractivity contribution in [2.45, 2.75) is 187 Å². The van der Waals surface area contributed by atoms with E-state index in [2.05, 4.69) is 118 Å². The molecule has 22 rings (SSSR count). The average molecular weight is 1860 g/mol. The van der Waals surface area contributed by atoms with Crippen LogP contribution in [0, 0.1) is 144 Å². The zero-order chi connectivity index (χ0) is 95.4. The summed E-state index contributed by atoms with van der Waals surface area (Å²) >= 11 is 0. The number of phenols is 2. The number of aryl methyl sites for hydroxylation is 12. The lowest BCUT2D eigenvalue weighted by Crippen LogP contribution is -2.37. The predicted octanol–water partition coefficient (Wildman–Crippen LogP) is 33.2. The molecule has 6 saturated carbocycles. The first-order chi connectivity index (χ1) is 65.1. The van der Waals surface area contributed by atoms with Crippen LogP contribution < -0.4 is 28.8 Å². The van der Waals surface area contributed by atoms with Crippen molar-refractivity contribution >= 4 is 56.0 Å². The number of rotatable bonds is 12. The molecule has 7 aliphatic rings. The lowest BCUT2D eigenvalue weighted by molar-refractivity contribution is 0.103. The number of methoxy groups -OCH3 is 2. The number of benzene rings is 14. The summed E-state index contributed by atoms with van der Waals surface area (Å²) in [7, 11) is -2.46. The van der Waals surface area contributed by atoms with E-state index in [4.69, 9.17) is 32.8 Å². The third kappa shape index (κ3) is 23.0. The Hall–Kier alpha value is -12.5. The number of hydrogen-bond acceptors (Lipinski definition) is 11. The molecule has 11 unspecified atom stereocenters. The molecular formula is C123H135BO11P2+. The normalized spacial score (nSPS) is 19.2. The van der Waals surface area contributed by atoms with Crippen molar-refractivity contribution in [1.82, 2.24) is 0 Å². The van der Waals surface area contributed by atoms with Gasteiger partial charge in [0.25, 0.3) is 7.37 Å². The molecule has 2 heterocycles. The highest BCUT2D eigenvalue weighted by Crippen LogP contribution is 2.72. The largest absolute Gasteiger partial charge is 0.597 e. The number of para-hydroxylation sites is 3. The molecule has 0 amide bonds. The van der Waals surface area contributed by atoms with Crippen molar-refractivity contribution in [3.63, 3.8) is 0 Å². The highest BCUT2D eigenvalue weighted by molar-refractivity contribution is 7.69.